The van der Waals surface area contributed by atoms with Crippen molar-refractivity contribution in [2.75, 3.05) is 5.73 Å². The lowest BCUT2D eigenvalue weighted by molar-refractivity contribution is -0.150. The van der Waals surface area contributed by atoms with E-state index in [-0.39, 0.29) is 33.6 Å². The minimum absolute atomic E-state index is 0.0731. The van der Waals surface area contributed by atoms with E-state index >= 15 is 0 Å². The molecule has 150 valence electrons. The van der Waals surface area contributed by atoms with Crippen LogP contribution in [0.15, 0.2) is 22.3 Å². The minimum atomic E-state index is -1.18. The van der Waals surface area contributed by atoms with Gasteiger partial charge in [0.1, 0.15) is 28.9 Å². The number of carboxylic acids is 1. The Kier molecular flexibility index (Phi) is 5.61. The first kappa shape index (κ1) is 20.1. The van der Waals surface area contributed by atoms with Crippen LogP contribution >= 0.6 is 23.1 Å². The van der Waals surface area contributed by atoms with Crippen molar-refractivity contribution >= 4 is 51.7 Å². The lowest BCUT2D eigenvalue weighted by atomic mass is 10.0. The topological polar surface area (TPSA) is 147 Å². The molecule has 1 saturated heterocycles. The van der Waals surface area contributed by atoms with Crippen LogP contribution in [0.2, 0.25) is 0 Å². The van der Waals surface area contributed by atoms with Gasteiger partial charge in [-0.15, -0.1) is 23.1 Å². The quantitative estimate of drug-likeness (QED) is 0.341. The molecule has 0 aromatic carbocycles. The smallest absolute Gasteiger partial charge is 0.352 e. The number of nitrogen functional groups attached to an aromatic ring is 1. The van der Waals surface area contributed by atoms with Gasteiger partial charge >= 0.3 is 5.97 Å². The van der Waals surface area contributed by atoms with E-state index in [9.17, 15) is 19.5 Å². The van der Waals surface area contributed by atoms with Crippen molar-refractivity contribution in [3.8, 4) is 0 Å². The molecule has 4 N–H and O–H groups in total. The van der Waals surface area contributed by atoms with Crippen LogP contribution in [0.4, 0.5) is 5.13 Å². The zero-order valence-corrected chi connectivity index (χ0v) is 16.9. The average molecular weight is 425 g/mol. The third-order valence-electron chi connectivity index (χ3n) is 3.89. The van der Waals surface area contributed by atoms with Crippen LogP contribution in [0.25, 0.3) is 0 Å². The summed E-state index contributed by atoms with van der Waals surface area (Å²) in [4.78, 5) is 47.1. The van der Waals surface area contributed by atoms with Crippen molar-refractivity contribution in [1.29, 1.82) is 0 Å². The number of β-lactam (4-membered cyclic amide) rings is 1. The maximum absolute atomic E-state index is 12.8. The zero-order chi connectivity index (χ0) is 20.6. The first-order chi connectivity index (χ1) is 13.2. The van der Waals surface area contributed by atoms with Gasteiger partial charge < -0.3 is 21.0 Å². The molecule has 0 aliphatic carbocycles. The monoisotopic (exact) mass is 425 g/mol. The van der Waals surface area contributed by atoms with Gasteiger partial charge in [0, 0.05) is 10.6 Å². The first-order valence-corrected chi connectivity index (χ1v) is 10.2. The summed E-state index contributed by atoms with van der Waals surface area (Å²) in [5.74, 6) is -2.32. The molecule has 10 nitrogen and oxygen atoms in total. The fourth-order valence-electron chi connectivity index (χ4n) is 2.70. The second-order valence-electron chi connectivity index (χ2n) is 6.41. The van der Waals surface area contributed by atoms with E-state index in [0.29, 0.717) is 0 Å². The summed E-state index contributed by atoms with van der Waals surface area (Å²) in [6, 6.07) is -0.872. The van der Waals surface area contributed by atoms with Crippen molar-refractivity contribution in [2.45, 2.75) is 43.5 Å². The molecule has 3 heterocycles. The highest BCUT2D eigenvalue weighted by molar-refractivity contribution is 8.00. The van der Waals surface area contributed by atoms with Gasteiger partial charge in [0.25, 0.3) is 11.8 Å². The van der Waals surface area contributed by atoms with Crippen LogP contribution in [0, 0.1) is 0 Å². The number of carbonyl (C=O) groups excluding carboxylic acids is 2. The second kappa shape index (κ2) is 7.80. The number of aliphatic carboxylic acids is 1. The van der Waals surface area contributed by atoms with Crippen molar-refractivity contribution in [2.24, 2.45) is 5.16 Å². The third-order valence-corrected chi connectivity index (χ3v) is 5.89. The van der Waals surface area contributed by atoms with E-state index in [1.807, 2.05) is 6.92 Å². The van der Waals surface area contributed by atoms with Gasteiger partial charge in [-0.2, -0.15) is 0 Å². The molecule has 2 aliphatic rings. The SMILES string of the molecule is CC(C)ON=C(C(=O)NC1C(=O)N2C(C(=O)O)=CC(C)S[C@H]12)c1csc(N)n1. The largest absolute Gasteiger partial charge is 0.477 e. The van der Waals surface area contributed by atoms with Gasteiger partial charge in [0.05, 0.1) is 0 Å². The predicted molar refractivity (Wildman–Crippen MR) is 105 cm³/mol. The number of thiazole rings is 1. The maximum Gasteiger partial charge on any atom is 0.352 e. The number of nitrogens with zero attached hydrogens (tertiary/aromatic N) is 3. The Balaban J connectivity index is 1.79. The number of nitrogens with one attached hydrogen (secondary N) is 1. The van der Waals surface area contributed by atoms with Crippen molar-refractivity contribution < 1.29 is 24.3 Å². The number of nitrogens with two attached hydrogens (primary N) is 1. The molecule has 1 fully saturated rings. The summed E-state index contributed by atoms with van der Waals surface area (Å²) >= 11 is 2.53. The number of carboxylic acid groups (broad SMARTS) is 1. The van der Waals surface area contributed by atoms with E-state index < -0.39 is 29.2 Å². The molecule has 0 spiro atoms. The summed E-state index contributed by atoms with van der Waals surface area (Å²) in [6.45, 7) is 5.33. The molecular weight excluding hydrogens is 406 g/mol. The first-order valence-electron chi connectivity index (χ1n) is 8.38. The average Bonchev–Trinajstić information content (AvgIpc) is 3.04. The lowest BCUT2D eigenvalue weighted by Crippen LogP contribution is -2.71. The maximum atomic E-state index is 12.8. The number of carbonyl (C=O) groups is 3. The highest BCUT2D eigenvalue weighted by Gasteiger charge is 2.54. The predicted octanol–water partition coefficient (Wildman–Crippen LogP) is 0.611. The normalized spacial score (nSPS) is 24.4. The van der Waals surface area contributed by atoms with Gasteiger partial charge in [-0.05, 0) is 26.8 Å². The van der Waals surface area contributed by atoms with E-state index in [4.69, 9.17) is 10.6 Å². The van der Waals surface area contributed by atoms with E-state index in [0.717, 1.165) is 11.3 Å². The molecule has 2 aliphatic heterocycles. The Bertz CT molecular complexity index is 881. The van der Waals surface area contributed by atoms with E-state index in [1.165, 1.54) is 22.7 Å². The summed E-state index contributed by atoms with van der Waals surface area (Å²) in [6.07, 6.45) is 1.25. The van der Waals surface area contributed by atoms with Crippen LogP contribution in [0.1, 0.15) is 26.5 Å². The van der Waals surface area contributed by atoms with Gasteiger partial charge in [-0.25, -0.2) is 9.78 Å². The van der Waals surface area contributed by atoms with Crippen LogP contribution in [-0.2, 0) is 19.2 Å². The number of aromatic nitrogens is 1. The number of fused-ring (bicyclic) bond motifs is 1. The van der Waals surface area contributed by atoms with Gasteiger partial charge in [-0.3, -0.25) is 14.5 Å². The molecule has 1 aromatic heterocycles. The van der Waals surface area contributed by atoms with Crippen molar-refractivity contribution in [3.05, 3.63) is 22.8 Å². The fraction of sp³-hybridized carbons (Fsp3) is 0.438. The van der Waals surface area contributed by atoms with Gasteiger partial charge in [-0.1, -0.05) is 5.16 Å². The summed E-state index contributed by atoms with van der Waals surface area (Å²) in [5, 5.41) is 17.0. The summed E-state index contributed by atoms with van der Waals surface area (Å²) < 4.78 is 0. The molecule has 3 atom stereocenters. The Morgan fingerprint density at radius 1 is 1.46 bits per heavy atom. The van der Waals surface area contributed by atoms with Crippen LogP contribution in [-0.4, -0.2) is 61.3 Å². The van der Waals surface area contributed by atoms with E-state index in [2.05, 4.69) is 15.5 Å². The standard InChI is InChI=1S/C16H19N5O5S2/c1-6(2)26-20-10(8-5-27-16(17)18-8)12(22)19-11-13(23)21-9(15(24)25)4-7(3)28-14(11)21/h4-7,11,14H,1-3H3,(H2,17,18)(H,19,22)(H,24,25)/t7?,11?,14-/m1/s1. The highest BCUT2D eigenvalue weighted by Crippen LogP contribution is 2.40. The molecular formula is C16H19N5O5S2. The number of hydrogen-bond acceptors (Lipinski definition) is 9. The third kappa shape index (κ3) is 3.83. The van der Waals surface area contributed by atoms with Gasteiger partial charge in [0.2, 0.25) is 0 Å². The molecule has 0 radical (unpaired) electrons. The Morgan fingerprint density at radius 2 is 2.18 bits per heavy atom. The van der Waals surface area contributed by atoms with E-state index in [1.54, 1.807) is 19.2 Å². The molecule has 0 saturated carbocycles. The molecule has 2 amide bonds. The Labute approximate surface area is 168 Å². The van der Waals surface area contributed by atoms with Crippen LogP contribution in [0.5, 0.6) is 0 Å². The Hall–Kier alpha value is -2.60. The minimum Gasteiger partial charge on any atom is -0.477 e. The zero-order valence-electron chi connectivity index (χ0n) is 15.3. The van der Waals surface area contributed by atoms with Crippen molar-refractivity contribution in [1.82, 2.24) is 15.2 Å². The number of rotatable bonds is 6. The number of oxime groups is 1. The van der Waals surface area contributed by atoms with Crippen molar-refractivity contribution in [3.63, 3.8) is 0 Å². The lowest BCUT2D eigenvalue weighted by Gasteiger charge is -2.49. The number of amides is 2. The van der Waals surface area contributed by atoms with Crippen LogP contribution in [0.3, 0.4) is 0 Å². The molecule has 0 bridgehead atoms. The number of hydrogen-bond donors (Lipinski definition) is 3. The molecule has 28 heavy (non-hydrogen) atoms. The Morgan fingerprint density at radius 3 is 2.75 bits per heavy atom. The van der Waals surface area contributed by atoms with Gasteiger partial charge in [0.15, 0.2) is 10.8 Å². The fourth-order valence-corrected chi connectivity index (χ4v) is 4.57. The highest BCUT2D eigenvalue weighted by atomic mass is 32.2. The molecule has 3 rings (SSSR count). The number of anilines is 1. The second-order valence-corrected chi connectivity index (χ2v) is 8.80. The molecule has 2 unspecified atom stereocenters. The summed E-state index contributed by atoms with van der Waals surface area (Å²) in [5.41, 5.74) is 5.70. The summed E-state index contributed by atoms with van der Waals surface area (Å²) in [7, 11) is 0. The molecule has 12 heteroatoms. The number of thioether (sulfide) groups is 1. The van der Waals surface area contributed by atoms with Crippen LogP contribution < -0.4 is 11.1 Å². The molecule has 1 aromatic rings.